The lowest BCUT2D eigenvalue weighted by atomic mass is 9.99. The number of benzene rings is 1. The first-order valence-electron chi connectivity index (χ1n) is 7.02. The van der Waals surface area contributed by atoms with Crippen molar-refractivity contribution in [1.29, 1.82) is 0 Å². The SMILES string of the molecule is Cl.O=C(NC(c1ccc(Cl)cc1)c1ccsc1)C1CCNC1. The fourth-order valence-electron chi connectivity index (χ4n) is 2.59. The minimum absolute atomic E-state index is 0. The van der Waals surface area contributed by atoms with Gasteiger partial charge in [-0.3, -0.25) is 4.79 Å². The van der Waals surface area contributed by atoms with Crippen molar-refractivity contribution in [2.75, 3.05) is 13.1 Å². The van der Waals surface area contributed by atoms with Crippen LogP contribution in [0.4, 0.5) is 0 Å². The molecule has 22 heavy (non-hydrogen) atoms. The van der Waals surface area contributed by atoms with Crippen LogP contribution in [0, 0.1) is 5.92 Å². The van der Waals surface area contributed by atoms with Crippen LogP contribution < -0.4 is 10.6 Å². The second-order valence-electron chi connectivity index (χ2n) is 5.24. The quantitative estimate of drug-likeness (QED) is 0.877. The summed E-state index contributed by atoms with van der Waals surface area (Å²) < 4.78 is 0. The van der Waals surface area contributed by atoms with E-state index < -0.39 is 0 Å². The van der Waals surface area contributed by atoms with Crippen molar-refractivity contribution in [3.63, 3.8) is 0 Å². The smallest absolute Gasteiger partial charge is 0.225 e. The van der Waals surface area contributed by atoms with Crippen molar-refractivity contribution >= 4 is 41.3 Å². The minimum Gasteiger partial charge on any atom is -0.345 e. The molecule has 118 valence electrons. The van der Waals surface area contributed by atoms with Gasteiger partial charge in [-0.25, -0.2) is 0 Å². The van der Waals surface area contributed by atoms with Crippen LogP contribution in [0.25, 0.3) is 0 Å². The summed E-state index contributed by atoms with van der Waals surface area (Å²) in [6.07, 6.45) is 0.906. The Morgan fingerprint density at radius 3 is 2.64 bits per heavy atom. The van der Waals surface area contributed by atoms with Gasteiger partial charge in [-0.15, -0.1) is 12.4 Å². The van der Waals surface area contributed by atoms with E-state index in [1.54, 1.807) is 11.3 Å². The molecule has 0 saturated carbocycles. The molecule has 2 aromatic rings. The molecule has 3 rings (SSSR count). The number of rotatable bonds is 4. The number of carbonyl (C=O) groups is 1. The summed E-state index contributed by atoms with van der Waals surface area (Å²) in [4.78, 5) is 12.4. The first-order chi connectivity index (χ1) is 10.2. The van der Waals surface area contributed by atoms with E-state index in [1.165, 1.54) is 0 Å². The van der Waals surface area contributed by atoms with Gasteiger partial charge in [-0.1, -0.05) is 23.7 Å². The molecule has 0 radical (unpaired) electrons. The third-order valence-electron chi connectivity index (χ3n) is 3.80. The van der Waals surface area contributed by atoms with Gasteiger partial charge in [0, 0.05) is 11.6 Å². The van der Waals surface area contributed by atoms with E-state index in [0.29, 0.717) is 5.02 Å². The highest BCUT2D eigenvalue weighted by Crippen LogP contribution is 2.26. The van der Waals surface area contributed by atoms with Crippen molar-refractivity contribution in [1.82, 2.24) is 10.6 Å². The Labute approximate surface area is 145 Å². The Kier molecular flexibility index (Phi) is 6.26. The Balaban J connectivity index is 0.00000176. The lowest BCUT2D eigenvalue weighted by Gasteiger charge is -2.20. The molecule has 6 heteroatoms. The maximum atomic E-state index is 12.4. The van der Waals surface area contributed by atoms with E-state index in [0.717, 1.165) is 30.6 Å². The molecular weight excluding hydrogens is 339 g/mol. The Morgan fingerprint density at radius 1 is 1.27 bits per heavy atom. The van der Waals surface area contributed by atoms with Gasteiger partial charge in [0.25, 0.3) is 0 Å². The van der Waals surface area contributed by atoms with Gasteiger partial charge in [0.1, 0.15) is 0 Å². The second-order valence-corrected chi connectivity index (χ2v) is 6.46. The zero-order valence-corrected chi connectivity index (χ0v) is 14.3. The summed E-state index contributed by atoms with van der Waals surface area (Å²) in [5.74, 6) is 0.185. The number of amides is 1. The molecule has 3 nitrogen and oxygen atoms in total. The van der Waals surface area contributed by atoms with Gasteiger partial charge in [0.05, 0.1) is 12.0 Å². The molecule has 1 aromatic carbocycles. The van der Waals surface area contributed by atoms with E-state index >= 15 is 0 Å². The number of hydrogen-bond donors (Lipinski definition) is 2. The van der Waals surface area contributed by atoms with Gasteiger partial charge in [0.15, 0.2) is 0 Å². The highest BCUT2D eigenvalue weighted by molar-refractivity contribution is 7.08. The summed E-state index contributed by atoms with van der Waals surface area (Å²) in [6, 6.07) is 9.60. The van der Waals surface area contributed by atoms with E-state index in [4.69, 9.17) is 11.6 Å². The minimum atomic E-state index is -0.110. The van der Waals surface area contributed by atoms with Crippen LogP contribution in [-0.2, 0) is 4.79 Å². The predicted molar refractivity (Wildman–Crippen MR) is 94.0 cm³/mol. The molecule has 2 heterocycles. The second kappa shape index (κ2) is 7.97. The van der Waals surface area contributed by atoms with Crippen molar-refractivity contribution in [2.24, 2.45) is 5.92 Å². The average molecular weight is 357 g/mol. The number of carbonyl (C=O) groups excluding carboxylic acids is 1. The van der Waals surface area contributed by atoms with Crippen LogP contribution >= 0.6 is 35.3 Å². The molecule has 1 saturated heterocycles. The molecular formula is C16H18Cl2N2OS. The van der Waals surface area contributed by atoms with Crippen LogP contribution in [0.3, 0.4) is 0 Å². The summed E-state index contributed by atoms with van der Waals surface area (Å²) in [6.45, 7) is 1.69. The van der Waals surface area contributed by atoms with Crippen molar-refractivity contribution in [3.05, 3.63) is 57.2 Å². The fraction of sp³-hybridized carbons (Fsp3) is 0.312. The molecule has 0 bridgehead atoms. The molecule has 1 fully saturated rings. The lowest BCUT2D eigenvalue weighted by Crippen LogP contribution is -2.35. The van der Waals surface area contributed by atoms with E-state index in [-0.39, 0.29) is 30.3 Å². The highest BCUT2D eigenvalue weighted by atomic mass is 35.5. The molecule has 2 unspecified atom stereocenters. The molecule has 2 N–H and O–H groups in total. The average Bonchev–Trinajstić information content (AvgIpc) is 3.19. The number of thiophene rings is 1. The Morgan fingerprint density at radius 2 is 2.05 bits per heavy atom. The topological polar surface area (TPSA) is 41.1 Å². The summed E-state index contributed by atoms with van der Waals surface area (Å²) >= 11 is 7.59. The largest absolute Gasteiger partial charge is 0.345 e. The zero-order chi connectivity index (χ0) is 14.7. The fourth-order valence-corrected chi connectivity index (χ4v) is 3.40. The van der Waals surface area contributed by atoms with Crippen LogP contribution in [0.1, 0.15) is 23.6 Å². The normalized spacial score (nSPS) is 18.5. The molecule has 1 aromatic heterocycles. The van der Waals surface area contributed by atoms with Gasteiger partial charge in [-0.05, 0) is 53.1 Å². The highest BCUT2D eigenvalue weighted by Gasteiger charge is 2.25. The number of nitrogens with one attached hydrogen (secondary N) is 2. The van der Waals surface area contributed by atoms with Crippen molar-refractivity contribution in [2.45, 2.75) is 12.5 Å². The van der Waals surface area contributed by atoms with Crippen LogP contribution in [0.5, 0.6) is 0 Å². The van der Waals surface area contributed by atoms with Crippen LogP contribution in [-0.4, -0.2) is 19.0 Å². The van der Waals surface area contributed by atoms with E-state index in [1.807, 2.05) is 29.6 Å². The van der Waals surface area contributed by atoms with E-state index in [9.17, 15) is 4.79 Å². The van der Waals surface area contributed by atoms with Crippen LogP contribution in [0.15, 0.2) is 41.1 Å². The zero-order valence-electron chi connectivity index (χ0n) is 11.9. The van der Waals surface area contributed by atoms with Gasteiger partial charge < -0.3 is 10.6 Å². The van der Waals surface area contributed by atoms with Gasteiger partial charge in [0.2, 0.25) is 5.91 Å². The maximum Gasteiger partial charge on any atom is 0.225 e. The van der Waals surface area contributed by atoms with Gasteiger partial charge in [-0.2, -0.15) is 11.3 Å². The molecule has 1 amide bonds. The Hall–Kier alpha value is -1.07. The molecule has 0 spiro atoms. The van der Waals surface area contributed by atoms with E-state index in [2.05, 4.69) is 22.1 Å². The summed E-state index contributed by atoms with van der Waals surface area (Å²) in [5, 5.41) is 11.2. The third-order valence-corrected chi connectivity index (χ3v) is 4.75. The molecule has 1 aliphatic heterocycles. The first kappa shape index (κ1) is 17.3. The predicted octanol–water partition coefficient (Wildman–Crippen LogP) is 3.64. The lowest BCUT2D eigenvalue weighted by molar-refractivity contribution is -0.124. The Bertz CT molecular complexity index is 595. The first-order valence-corrected chi connectivity index (χ1v) is 8.35. The number of halogens is 2. The molecule has 1 aliphatic rings. The maximum absolute atomic E-state index is 12.4. The standard InChI is InChI=1S/C16H17ClN2OS.ClH/c17-14-3-1-11(2-4-14)15(13-6-8-21-10-13)19-16(20)12-5-7-18-9-12;/h1-4,6,8,10,12,15,18H,5,7,9H2,(H,19,20);1H. The third kappa shape index (κ3) is 4.02. The van der Waals surface area contributed by atoms with Crippen LogP contribution in [0.2, 0.25) is 5.02 Å². The summed E-state index contributed by atoms with van der Waals surface area (Å²) in [5.41, 5.74) is 2.17. The molecule has 0 aliphatic carbocycles. The van der Waals surface area contributed by atoms with Crippen molar-refractivity contribution in [3.8, 4) is 0 Å². The van der Waals surface area contributed by atoms with Gasteiger partial charge >= 0.3 is 0 Å². The molecule has 2 atom stereocenters. The summed E-state index contributed by atoms with van der Waals surface area (Å²) in [7, 11) is 0. The van der Waals surface area contributed by atoms with Crippen molar-refractivity contribution < 1.29 is 4.79 Å². The number of hydrogen-bond acceptors (Lipinski definition) is 3. The monoisotopic (exact) mass is 356 g/mol.